The Morgan fingerprint density at radius 1 is 1.06 bits per heavy atom. The number of rotatable bonds is 7. The largest absolute Gasteiger partial charge is 0.478 e. The van der Waals surface area contributed by atoms with Crippen molar-refractivity contribution in [3.63, 3.8) is 0 Å². The number of nitrogens with zero attached hydrogens (tertiary/aromatic N) is 1. The van der Waals surface area contributed by atoms with Gasteiger partial charge in [-0.05, 0) is 59.7 Å². The maximum Gasteiger partial charge on any atom is 0.335 e. The van der Waals surface area contributed by atoms with Gasteiger partial charge in [-0.2, -0.15) is 0 Å². The van der Waals surface area contributed by atoms with Crippen LogP contribution in [0.25, 0.3) is 11.1 Å². The molecule has 3 aromatic carbocycles. The topological polar surface area (TPSA) is 40.5 Å². The minimum Gasteiger partial charge on any atom is -0.478 e. The first-order chi connectivity index (χ1) is 15.4. The summed E-state index contributed by atoms with van der Waals surface area (Å²) >= 11 is 1.66. The van der Waals surface area contributed by atoms with Gasteiger partial charge in [0.25, 0.3) is 0 Å². The molecule has 0 aliphatic rings. The fourth-order valence-electron chi connectivity index (χ4n) is 3.44. The molecule has 0 saturated heterocycles. The molecule has 0 heterocycles. The van der Waals surface area contributed by atoms with Crippen LogP contribution in [0.1, 0.15) is 43.6 Å². The minimum atomic E-state index is -0.951. The summed E-state index contributed by atoms with van der Waals surface area (Å²) in [6, 6.07) is 21.3. The normalized spacial score (nSPS) is 10.2. The van der Waals surface area contributed by atoms with Crippen molar-refractivity contribution in [3.8, 4) is 23.5 Å². The lowest BCUT2D eigenvalue weighted by Gasteiger charge is -2.29. The lowest BCUT2D eigenvalue weighted by molar-refractivity contribution is 0.0697. The molecule has 0 atom stereocenters. The zero-order valence-corrected chi connectivity index (χ0v) is 20.2. The van der Waals surface area contributed by atoms with Gasteiger partial charge in [-0.1, -0.05) is 63.9 Å². The van der Waals surface area contributed by atoms with Crippen molar-refractivity contribution < 1.29 is 9.90 Å². The Kier molecular flexibility index (Phi) is 9.43. The second kappa shape index (κ2) is 12.0. The molecule has 3 aromatic rings. The molecule has 32 heavy (non-hydrogen) atoms. The van der Waals surface area contributed by atoms with E-state index in [1.165, 1.54) is 0 Å². The number of hydrogen-bond acceptors (Lipinski definition) is 3. The standard InChI is InChI=1S/C26H25NO2S.C2H6/c1-5-19-15-24(27(17-18(2)3)22-12-7-6-8-13-22)25(30-4)16-23(19)20-10-9-11-21(14-20)26(28)29;1-2/h1,6-16,18H,17H2,2-4H3,(H,28,29);1-2H3. The van der Waals surface area contributed by atoms with Crippen molar-refractivity contribution in [1.29, 1.82) is 0 Å². The van der Waals surface area contributed by atoms with Gasteiger partial charge in [-0.15, -0.1) is 18.2 Å². The van der Waals surface area contributed by atoms with Crippen molar-refractivity contribution in [2.24, 2.45) is 5.92 Å². The quantitative estimate of drug-likeness (QED) is 0.301. The average molecular weight is 446 g/mol. The molecular formula is C28H31NO2S. The Hall–Kier alpha value is -3.16. The van der Waals surface area contributed by atoms with Gasteiger partial charge in [0, 0.05) is 22.7 Å². The molecule has 0 radical (unpaired) electrons. The summed E-state index contributed by atoms with van der Waals surface area (Å²) in [5, 5.41) is 9.36. The Bertz CT molecular complexity index is 1080. The molecular weight excluding hydrogens is 414 g/mol. The number of anilines is 2. The van der Waals surface area contributed by atoms with E-state index in [0.29, 0.717) is 5.92 Å². The first-order valence-electron chi connectivity index (χ1n) is 10.8. The van der Waals surface area contributed by atoms with Crippen LogP contribution in [0, 0.1) is 18.3 Å². The molecule has 0 aliphatic heterocycles. The smallest absolute Gasteiger partial charge is 0.335 e. The van der Waals surface area contributed by atoms with Crippen LogP contribution in [0.4, 0.5) is 11.4 Å². The summed E-state index contributed by atoms with van der Waals surface area (Å²) in [6.07, 6.45) is 7.94. The molecule has 0 saturated carbocycles. The Balaban J connectivity index is 0.00000176. The highest BCUT2D eigenvalue weighted by Crippen LogP contribution is 2.39. The summed E-state index contributed by atoms with van der Waals surface area (Å²) in [5.74, 6) is 2.32. The van der Waals surface area contributed by atoms with Crippen LogP contribution in [-0.4, -0.2) is 23.9 Å². The van der Waals surface area contributed by atoms with Crippen LogP contribution in [0.5, 0.6) is 0 Å². The lowest BCUT2D eigenvalue weighted by Crippen LogP contribution is -2.23. The zero-order valence-electron chi connectivity index (χ0n) is 19.4. The molecule has 166 valence electrons. The summed E-state index contributed by atoms with van der Waals surface area (Å²) in [5.41, 5.74) is 4.84. The third-order valence-corrected chi connectivity index (χ3v) is 5.57. The van der Waals surface area contributed by atoms with E-state index in [1.807, 2.05) is 50.4 Å². The number of terminal acetylenes is 1. The van der Waals surface area contributed by atoms with Crippen LogP contribution < -0.4 is 4.90 Å². The molecule has 0 bridgehead atoms. The highest BCUT2D eigenvalue weighted by molar-refractivity contribution is 7.98. The average Bonchev–Trinajstić information content (AvgIpc) is 2.83. The van der Waals surface area contributed by atoms with E-state index in [0.717, 1.165) is 39.5 Å². The highest BCUT2D eigenvalue weighted by atomic mass is 32.2. The van der Waals surface area contributed by atoms with Gasteiger partial charge in [-0.25, -0.2) is 4.79 Å². The van der Waals surface area contributed by atoms with Crippen molar-refractivity contribution in [2.75, 3.05) is 17.7 Å². The van der Waals surface area contributed by atoms with Gasteiger partial charge in [0.05, 0.1) is 11.3 Å². The van der Waals surface area contributed by atoms with Gasteiger partial charge >= 0.3 is 5.97 Å². The predicted molar refractivity (Wildman–Crippen MR) is 138 cm³/mol. The van der Waals surface area contributed by atoms with Gasteiger partial charge in [0.1, 0.15) is 0 Å². The number of thioether (sulfide) groups is 1. The highest BCUT2D eigenvalue weighted by Gasteiger charge is 2.18. The first-order valence-corrected chi connectivity index (χ1v) is 12.0. The van der Waals surface area contributed by atoms with E-state index >= 15 is 0 Å². The lowest BCUT2D eigenvalue weighted by atomic mass is 9.97. The third-order valence-electron chi connectivity index (χ3n) is 4.80. The van der Waals surface area contributed by atoms with Crippen molar-refractivity contribution >= 4 is 29.1 Å². The van der Waals surface area contributed by atoms with Crippen LogP contribution in [0.15, 0.2) is 71.6 Å². The van der Waals surface area contributed by atoms with E-state index in [1.54, 1.807) is 30.0 Å². The summed E-state index contributed by atoms with van der Waals surface area (Å²) in [4.78, 5) is 14.8. The molecule has 0 unspecified atom stereocenters. The molecule has 3 rings (SSSR count). The van der Waals surface area contributed by atoms with Crippen LogP contribution in [0.2, 0.25) is 0 Å². The monoisotopic (exact) mass is 445 g/mol. The number of hydrogen-bond donors (Lipinski definition) is 1. The molecule has 1 N–H and O–H groups in total. The number of benzene rings is 3. The third kappa shape index (κ3) is 5.96. The molecule has 0 aromatic heterocycles. The first kappa shape index (κ1) is 25.1. The molecule has 4 heteroatoms. The van der Waals surface area contributed by atoms with Crippen molar-refractivity contribution in [3.05, 3.63) is 77.9 Å². The second-order valence-electron chi connectivity index (χ2n) is 7.44. The molecule has 0 amide bonds. The molecule has 0 fully saturated rings. The molecule has 0 aliphatic carbocycles. The van der Waals surface area contributed by atoms with Crippen molar-refractivity contribution in [1.82, 2.24) is 0 Å². The maximum absolute atomic E-state index is 11.4. The number of carboxylic acids is 1. The summed E-state index contributed by atoms with van der Waals surface area (Å²) in [7, 11) is 0. The van der Waals surface area contributed by atoms with Crippen LogP contribution >= 0.6 is 11.8 Å². The molecule has 0 spiro atoms. The van der Waals surface area contributed by atoms with Crippen molar-refractivity contribution in [2.45, 2.75) is 32.6 Å². The Morgan fingerprint density at radius 2 is 1.75 bits per heavy atom. The van der Waals surface area contributed by atoms with E-state index in [2.05, 4.69) is 42.9 Å². The zero-order chi connectivity index (χ0) is 23.7. The fourth-order valence-corrected chi connectivity index (χ4v) is 4.05. The SMILES string of the molecule is C#Cc1cc(N(CC(C)C)c2ccccc2)c(SC)cc1-c1cccc(C(=O)O)c1.CC. The second-order valence-corrected chi connectivity index (χ2v) is 8.29. The van der Waals surface area contributed by atoms with Gasteiger partial charge in [-0.3, -0.25) is 0 Å². The van der Waals surface area contributed by atoms with E-state index in [-0.39, 0.29) is 5.56 Å². The van der Waals surface area contributed by atoms with Gasteiger partial charge in [0.15, 0.2) is 0 Å². The maximum atomic E-state index is 11.4. The summed E-state index contributed by atoms with van der Waals surface area (Å²) in [6.45, 7) is 9.25. The minimum absolute atomic E-state index is 0.246. The fraction of sp³-hybridized carbons (Fsp3) is 0.250. The number of carbonyl (C=O) groups is 1. The predicted octanol–water partition coefficient (Wildman–Crippen LogP) is 7.58. The van der Waals surface area contributed by atoms with Gasteiger partial charge < -0.3 is 10.0 Å². The molecule has 3 nitrogen and oxygen atoms in total. The number of carboxylic acid groups (broad SMARTS) is 1. The van der Waals surface area contributed by atoms with Gasteiger partial charge in [0.2, 0.25) is 0 Å². The van der Waals surface area contributed by atoms with E-state index in [9.17, 15) is 9.90 Å². The number of aromatic carboxylic acids is 1. The van der Waals surface area contributed by atoms with E-state index in [4.69, 9.17) is 6.42 Å². The summed E-state index contributed by atoms with van der Waals surface area (Å²) < 4.78 is 0. The van der Waals surface area contributed by atoms with Crippen LogP contribution in [0.3, 0.4) is 0 Å². The van der Waals surface area contributed by atoms with E-state index < -0.39 is 5.97 Å². The Labute approximate surface area is 196 Å². The van der Waals surface area contributed by atoms with Crippen LogP contribution in [-0.2, 0) is 0 Å². The number of para-hydroxylation sites is 1. The Morgan fingerprint density at radius 3 is 2.31 bits per heavy atom.